The van der Waals surface area contributed by atoms with Crippen LogP contribution in [0, 0.1) is 0 Å². The van der Waals surface area contributed by atoms with Gasteiger partial charge in [-0.05, 0) is 10.8 Å². The van der Waals surface area contributed by atoms with Crippen LogP contribution >= 0.6 is 0 Å². The SMILES string of the molecule is OCCOCCO.c1ccc2ccccc2c1. The van der Waals surface area contributed by atoms with Crippen LogP contribution in [0.4, 0.5) is 0 Å². The Kier molecular flexibility index (Phi) is 6.98. The van der Waals surface area contributed by atoms with Crippen molar-refractivity contribution in [3.8, 4) is 0 Å². The van der Waals surface area contributed by atoms with Crippen molar-refractivity contribution in [3.63, 3.8) is 0 Å². The first-order valence-corrected chi connectivity index (χ1v) is 5.61. The summed E-state index contributed by atoms with van der Waals surface area (Å²) in [4.78, 5) is 0. The lowest BCUT2D eigenvalue weighted by Gasteiger charge is -1.94. The van der Waals surface area contributed by atoms with Gasteiger partial charge in [0.1, 0.15) is 0 Å². The van der Waals surface area contributed by atoms with Gasteiger partial charge in [-0.1, -0.05) is 48.5 Å². The van der Waals surface area contributed by atoms with Crippen molar-refractivity contribution in [2.24, 2.45) is 0 Å². The van der Waals surface area contributed by atoms with Crippen LogP contribution in [-0.2, 0) is 4.74 Å². The Labute approximate surface area is 101 Å². The zero-order chi connectivity index (χ0) is 12.3. The fraction of sp³-hybridized carbons (Fsp3) is 0.286. The standard InChI is InChI=1S/C10H8.C4H10O3/c1-2-6-10-8-4-3-7-9(10)5-1;5-1-3-7-4-2-6/h1-8H;5-6H,1-4H2. The first kappa shape index (κ1) is 13.6. The van der Waals surface area contributed by atoms with E-state index >= 15 is 0 Å². The van der Waals surface area contributed by atoms with Gasteiger partial charge in [0, 0.05) is 0 Å². The van der Waals surface area contributed by atoms with E-state index in [4.69, 9.17) is 10.2 Å². The number of rotatable bonds is 4. The number of hydrogen-bond donors (Lipinski definition) is 2. The second-order valence-corrected chi connectivity index (χ2v) is 3.41. The fourth-order valence-electron chi connectivity index (χ4n) is 1.36. The molecule has 0 radical (unpaired) electrons. The number of hydrogen-bond acceptors (Lipinski definition) is 3. The third-order valence-corrected chi connectivity index (χ3v) is 2.13. The van der Waals surface area contributed by atoms with E-state index in [0.29, 0.717) is 13.2 Å². The maximum Gasteiger partial charge on any atom is 0.0698 e. The van der Waals surface area contributed by atoms with Crippen LogP contribution in [0.1, 0.15) is 0 Å². The molecule has 0 saturated heterocycles. The van der Waals surface area contributed by atoms with Gasteiger partial charge in [-0.3, -0.25) is 0 Å². The molecule has 0 unspecified atom stereocenters. The van der Waals surface area contributed by atoms with E-state index in [-0.39, 0.29) is 13.2 Å². The van der Waals surface area contributed by atoms with Crippen LogP contribution in [0.5, 0.6) is 0 Å². The summed E-state index contributed by atoms with van der Waals surface area (Å²) in [5, 5.41) is 18.8. The van der Waals surface area contributed by atoms with E-state index in [1.807, 2.05) is 0 Å². The van der Waals surface area contributed by atoms with Crippen LogP contribution < -0.4 is 0 Å². The van der Waals surface area contributed by atoms with Gasteiger partial charge in [-0.2, -0.15) is 0 Å². The molecule has 0 aromatic heterocycles. The van der Waals surface area contributed by atoms with E-state index in [9.17, 15) is 0 Å². The van der Waals surface area contributed by atoms with Gasteiger partial charge in [-0.25, -0.2) is 0 Å². The minimum atomic E-state index is 0.0278. The summed E-state index contributed by atoms with van der Waals surface area (Å²) in [6, 6.07) is 16.7. The summed E-state index contributed by atoms with van der Waals surface area (Å²) in [5.74, 6) is 0. The Bertz CT molecular complexity index is 345. The van der Waals surface area contributed by atoms with Gasteiger partial charge in [0.05, 0.1) is 26.4 Å². The average molecular weight is 234 g/mol. The molecule has 2 aromatic carbocycles. The third kappa shape index (κ3) is 5.45. The highest BCUT2D eigenvalue weighted by Crippen LogP contribution is 2.11. The Morgan fingerprint density at radius 3 is 1.35 bits per heavy atom. The van der Waals surface area contributed by atoms with Gasteiger partial charge in [-0.15, -0.1) is 0 Å². The molecule has 0 atom stereocenters. The van der Waals surface area contributed by atoms with E-state index in [2.05, 4.69) is 53.3 Å². The molecule has 0 aliphatic rings. The van der Waals surface area contributed by atoms with Gasteiger partial charge < -0.3 is 14.9 Å². The Balaban J connectivity index is 0.000000185. The Morgan fingerprint density at radius 2 is 1.06 bits per heavy atom. The lowest BCUT2D eigenvalue weighted by atomic mass is 10.1. The van der Waals surface area contributed by atoms with Crippen molar-refractivity contribution in [2.75, 3.05) is 26.4 Å². The number of benzene rings is 2. The predicted octanol–water partition coefficient (Wildman–Crippen LogP) is 1.83. The minimum Gasteiger partial charge on any atom is -0.394 e. The maximum atomic E-state index is 8.09. The molecule has 0 saturated carbocycles. The molecule has 2 aromatic rings. The summed E-state index contributed by atoms with van der Waals surface area (Å²) in [5.41, 5.74) is 0. The number of aliphatic hydroxyl groups is 2. The van der Waals surface area contributed by atoms with Gasteiger partial charge in [0.2, 0.25) is 0 Å². The predicted molar refractivity (Wildman–Crippen MR) is 68.9 cm³/mol. The molecule has 17 heavy (non-hydrogen) atoms. The molecule has 3 heteroatoms. The summed E-state index contributed by atoms with van der Waals surface area (Å²) >= 11 is 0. The molecule has 0 spiro atoms. The minimum absolute atomic E-state index is 0.0278. The Morgan fingerprint density at radius 1 is 0.706 bits per heavy atom. The fourth-order valence-corrected chi connectivity index (χ4v) is 1.36. The Hall–Kier alpha value is -1.42. The quantitative estimate of drug-likeness (QED) is 0.793. The molecule has 92 valence electrons. The monoisotopic (exact) mass is 234 g/mol. The molecule has 0 aliphatic heterocycles. The van der Waals surface area contributed by atoms with E-state index in [1.54, 1.807) is 0 Å². The summed E-state index contributed by atoms with van der Waals surface area (Å²) in [6.07, 6.45) is 0. The molecule has 2 N–H and O–H groups in total. The average Bonchev–Trinajstić information content (AvgIpc) is 2.40. The highest BCUT2D eigenvalue weighted by Gasteiger charge is 1.85. The topological polar surface area (TPSA) is 49.7 Å². The first-order valence-electron chi connectivity index (χ1n) is 5.61. The lowest BCUT2D eigenvalue weighted by Crippen LogP contribution is -2.03. The molecular formula is C14H18O3. The number of aliphatic hydroxyl groups excluding tert-OH is 2. The maximum absolute atomic E-state index is 8.09. The molecule has 0 heterocycles. The van der Waals surface area contributed by atoms with Crippen molar-refractivity contribution < 1.29 is 14.9 Å². The second kappa shape index (κ2) is 8.70. The highest BCUT2D eigenvalue weighted by molar-refractivity contribution is 5.81. The summed E-state index contributed by atoms with van der Waals surface area (Å²) in [7, 11) is 0. The summed E-state index contributed by atoms with van der Waals surface area (Å²) < 4.78 is 4.63. The number of ether oxygens (including phenoxy) is 1. The highest BCUT2D eigenvalue weighted by atomic mass is 16.5. The van der Waals surface area contributed by atoms with Crippen LogP contribution in [-0.4, -0.2) is 36.6 Å². The smallest absolute Gasteiger partial charge is 0.0698 e. The van der Waals surface area contributed by atoms with Crippen LogP contribution in [0.2, 0.25) is 0 Å². The molecule has 3 nitrogen and oxygen atoms in total. The van der Waals surface area contributed by atoms with Crippen molar-refractivity contribution in [1.82, 2.24) is 0 Å². The molecular weight excluding hydrogens is 216 g/mol. The van der Waals surface area contributed by atoms with E-state index < -0.39 is 0 Å². The number of fused-ring (bicyclic) bond motifs is 1. The second-order valence-electron chi connectivity index (χ2n) is 3.41. The third-order valence-electron chi connectivity index (χ3n) is 2.13. The van der Waals surface area contributed by atoms with Gasteiger partial charge >= 0.3 is 0 Å². The molecule has 0 fully saturated rings. The van der Waals surface area contributed by atoms with Crippen LogP contribution in [0.25, 0.3) is 10.8 Å². The largest absolute Gasteiger partial charge is 0.394 e. The molecule has 0 aliphatic carbocycles. The van der Waals surface area contributed by atoms with Crippen LogP contribution in [0.3, 0.4) is 0 Å². The molecule has 0 amide bonds. The van der Waals surface area contributed by atoms with E-state index in [0.717, 1.165) is 0 Å². The van der Waals surface area contributed by atoms with Crippen LogP contribution in [0.15, 0.2) is 48.5 Å². The van der Waals surface area contributed by atoms with Crippen molar-refractivity contribution in [2.45, 2.75) is 0 Å². The zero-order valence-corrected chi connectivity index (χ0v) is 9.75. The lowest BCUT2D eigenvalue weighted by molar-refractivity contribution is 0.0650. The van der Waals surface area contributed by atoms with Crippen molar-refractivity contribution in [3.05, 3.63) is 48.5 Å². The van der Waals surface area contributed by atoms with E-state index in [1.165, 1.54) is 10.8 Å². The van der Waals surface area contributed by atoms with Crippen molar-refractivity contribution in [1.29, 1.82) is 0 Å². The van der Waals surface area contributed by atoms with Crippen molar-refractivity contribution >= 4 is 10.8 Å². The first-order chi connectivity index (χ1) is 8.38. The van der Waals surface area contributed by atoms with Gasteiger partial charge in [0.15, 0.2) is 0 Å². The van der Waals surface area contributed by atoms with Gasteiger partial charge in [0.25, 0.3) is 0 Å². The molecule has 2 rings (SSSR count). The summed E-state index contributed by atoms with van der Waals surface area (Å²) in [6.45, 7) is 0.696. The zero-order valence-electron chi connectivity index (χ0n) is 9.75. The molecule has 0 bridgehead atoms. The normalized spacial score (nSPS) is 9.76.